The third kappa shape index (κ3) is 4.27. The summed E-state index contributed by atoms with van der Waals surface area (Å²) < 4.78 is 5.03. The lowest BCUT2D eigenvalue weighted by atomic mass is 9.83. The highest BCUT2D eigenvalue weighted by Crippen LogP contribution is 2.42. The standard InChI is InChI=1S/C48H42N3/c1-4-49-28-16-24-33-36(23-15-27-43(33)49)46(39-29-41-34-19-11-13-25-44(34)50(5-2)47(41)37-21-9-7-17-31(37)39)40-30-42-35-20-12-14-26-45(35)51(6-3)48(42)38-22-10-8-18-32(38)40/h7-15,17-23,25-27,29-30H,4-6,16,24,28H2,1-3H3/q+1. The second-order valence-corrected chi connectivity index (χ2v) is 14.1. The number of hydrogen-bond donors (Lipinski definition) is 0. The first kappa shape index (κ1) is 30.2. The first-order valence-corrected chi connectivity index (χ1v) is 18.8. The van der Waals surface area contributed by atoms with Gasteiger partial charge in [0.1, 0.15) is 6.54 Å². The molecule has 7 aromatic carbocycles. The van der Waals surface area contributed by atoms with Gasteiger partial charge in [-0.25, -0.2) is 0 Å². The van der Waals surface area contributed by atoms with Gasteiger partial charge in [0.2, 0.25) is 11.0 Å². The lowest BCUT2D eigenvalue weighted by molar-refractivity contribution is 0.706. The van der Waals surface area contributed by atoms with Gasteiger partial charge < -0.3 is 9.47 Å². The summed E-state index contributed by atoms with van der Waals surface area (Å²) in [6.45, 7) is 10.8. The van der Waals surface area contributed by atoms with Gasteiger partial charge in [0.05, 0.1) is 22.0 Å². The number of para-hydroxylation sites is 2. The summed E-state index contributed by atoms with van der Waals surface area (Å²) in [5.41, 5.74) is 13.4. The smallest absolute Gasteiger partial charge is 0.221 e. The molecule has 51 heavy (non-hydrogen) atoms. The maximum absolute atomic E-state index is 2.58. The van der Waals surface area contributed by atoms with Crippen molar-refractivity contribution >= 4 is 60.3 Å². The minimum Gasteiger partial charge on any atom is -0.372 e. The topological polar surface area (TPSA) is 11.2 Å². The highest BCUT2D eigenvalue weighted by molar-refractivity contribution is 6.21. The van der Waals surface area contributed by atoms with Crippen molar-refractivity contribution in [1.29, 1.82) is 0 Å². The third-order valence-corrected chi connectivity index (χ3v) is 11.7. The van der Waals surface area contributed by atoms with Gasteiger partial charge in [-0.3, -0.25) is 0 Å². The average molecular weight is 661 g/mol. The zero-order valence-corrected chi connectivity index (χ0v) is 29.7. The number of benzene rings is 7. The summed E-state index contributed by atoms with van der Waals surface area (Å²) in [5, 5.41) is 10.5. The Labute approximate surface area is 299 Å². The third-order valence-electron chi connectivity index (χ3n) is 11.7. The fourth-order valence-corrected chi connectivity index (χ4v) is 9.60. The van der Waals surface area contributed by atoms with Crippen LogP contribution < -0.4 is 20.1 Å². The molecule has 0 bridgehead atoms. The maximum atomic E-state index is 2.58. The molecule has 0 amide bonds. The molecule has 0 atom stereocenters. The second kappa shape index (κ2) is 11.7. The summed E-state index contributed by atoms with van der Waals surface area (Å²) >= 11 is 0. The van der Waals surface area contributed by atoms with Crippen molar-refractivity contribution in [2.45, 2.75) is 40.2 Å². The molecular weight excluding hydrogens is 619 g/mol. The van der Waals surface area contributed by atoms with Crippen LogP contribution in [0.1, 0.15) is 43.9 Å². The molecule has 3 nitrogen and oxygen atoms in total. The Bertz CT molecular complexity index is 2850. The molecule has 0 aliphatic carbocycles. The maximum Gasteiger partial charge on any atom is 0.221 e. The molecule has 10 rings (SSSR count). The summed E-state index contributed by atoms with van der Waals surface area (Å²) in [6.07, 6.45) is 2.24. The Hall–Kier alpha value is -5.67. The van der Waals surface area contributed by atoms with E-state index in [1.807, 2.05) is 0 Å². The van der Waals surface area contributed by atoms with Crippen LogP contribution >= 0.6 is 0 Å². The van der Waals surface area contributed by atoms with Crippen molar-refractivity contribution in [3.63, 3.8) is 0 Å². The molecule has 0 radical (unpaired) electrons. The van der Waals surface area contributed by atoms with Crippen LogP contribution in [0.3, 0.4) is 0 Å². The average Bonchev–Trinajstić information content (AvgIpc) is 3.70. The van der Waals surface area contributed by atoms with Gasteiger partial charge >= 0.3 is 0 Å². The number of rotatable bonds is 5. The van der Waals surface area contributed by atoms with Crippen molar-refractivity contribution in [2.75, 3.05) is 24.5 Å². The predicted octanol–water partition coefficient (Wildman–Crippen LogP) is 9.96. The van der Waals surface area contributed by atoms with E-state index < -0.39 is 0 Å². The van der Waals surface area contributed by atoms with E-state index in [4.69, 9.17) is 0 Å². The van der Waals surface area contributed by atoms with E-state index in [1.54, 1.807) is 0 Å². The van der Waals surface area contributed by atoms with Crippen LogP contribution in [-0.4, -0.2) is 24.2 Å². The summed E-state index contributed by atoms with van der Waals surface area (Å²) in [5.74, 6) is 0. The van der Waals surface area contributed by atoms with E-state index in [0.29, 0.717) is 0 Å². The van der Waals surface area contributed by atoms with Gasteiger partial charge in [-0.2, -0.15) is 4.58 Å². The largest absolute Gasteiger partial charge is 0.372 e. The molecule has 1 aromatic heterocycles. The molecule has 2 aliphatic rings. The van der Waals surface area contributed by atoms with Gasteiger partial charge in [-0.15, -0.1) is 0 Å². The molecular formula is C48H42N3+. The minimum atomic E-state index is 0.922. The van der Waals surface area contributed by atoms with Crippen LogP contribution in [0.2, 0.25) is 0 Å². The Morgan fingerprint density at radius 2 is 1.33 bits per heavy atom. The van der Waals surface area contributed by atoms with E-state index in [9.17, 15) is 0 Å². The van der Waals surface area contributed by atoms with E-state index in [1.165, 1.54) is 105 Å². The number of nitrogens with zero attached hydrogens (tertiary/aromatic N) is 3. The Balaban J connectivity index is 1.47. The lowest BCUT2D eigenvalue weighted by Crippen LogP contribution is -2.30. The van der Waals surface area contributed by atoms with Gasteiger partial charge in [0, 0.05) is 53.1 Å². The van der Waals surface area contributed by atoms with Crippen molar-refractivity contribution in [3.8, 4) is 11.1 Å². The van der Waals surface area contributed by atoms with E-state index >= 15 is 0 Å². The molecule has 0 spiro atoms. The van der Waals surface area contributed by atoms with Gasteiger partial charge in [-0.1, -0.05) is 84.9 Å². The van der Waals surface area contributed by atoms with Crippen molar-refractivity contribution < 1.29 is 0 Å². The molecule has 8 aromatic rings. The molecule has 0 unspecified atom stereocenters. The summed E-state index contributed by atoms with van der Waals surface area (Å²) in [4.78, 5) is 2.58. The normalized spacial score (nSPS) is 14.4. The minimum absolute atomic E-state index is 0.922. The Morgan fingerprint density at radius 3 is 2.14 bits per heavy atom. The van der Waals surface area contributed by atoms with Crippen molar-refractivity contribution in [1.82, 2.24) is 9.14 Å². The Morgan fingerprint density at radius 1 is 0.608 bits per heavy atom. The van der Waals surface area contributed by atoms with Gasteiger partial charge in [0.25, 0.3) is 0 Å². The van der Waals surface area contributed by atoms with Crippen molar-refractivity contribution in [2.24, 2.45) is 0 Å². The predicted molar refractivity (Wildman–Crippen MR) is 217 cm³/mol. The van der Waals surface area contributed by atoms with Gasteiger partial charge in [0.15, 0.2) is 0 Å². The highest BCUT2D eigenvalue weighted by Gasteiger charge is 2.30. The summed E-state index contributed by atoms with van der Waals surface area (Å²) in [7, 11) is 0. The zero-order chi connectivity index (χ0) is 34.2. The van der Waals surface area contributed by atoms with Crippen LogP contribution in [0.5, 0.6) is 0 Å². The second-order valence-electron chi connectivity index (χ2n) is 14.1. The molecule has 0 saturated carbocycles. The SMILES string of the molecule is CCN1CCCc2c(C(c3cc4c5ccccc5n(CC)c4c4ccccc34)=c3cc4c(c5ccccc35)=[N+](CC)c3ccccc3-4)cccc21. The number of aromatic nitrogens is 1. The van der Waals surface area contributed by atoms with Crippen molar-refractivity contribution in [3.05, 3.63) is 155 Å². The monoisotopic (exact) mass is 660 g/mol. The zero-order valence-electron chi connectivity index (χ0n) is 29.7. The van der Waals surface area contributed by atoms with Crippen LogP contribution in [0.4, 0.5) is 11.4 Å². The molecule has 0 fully saturated rings. The first-order chi connectivity index (χ1) is 25.2. The number of aryl methyl sites for hydroxylation is 1. The van der Waals surface area contributed by atoms with E-state index in [-0.39, 0.29) is 0 Å². The quantitative estimate of drug-likeness (QED) is 0.167. The highest BCUT2D eigenvalue weighted by atomic mass is 15.1. The van der Waals surface area contributed by atoms with E-state index in [0.717, 1.165) is 32.6 Å². The fraction of sp³-hybridized carbons (Fsp3) is 0.188. The molecule has 0 N–H and O–H groups in total. The number of anilines is 1. The van der Waals surface area contributed by atoms with Gasteiger partial charge in [-0.05, 0) is 108 Å². The van der Waals surface area contributed by atoms with E-state index in [2.05, 4.69) is 162 Å². The van der Waals surface area contributed by atoms with Crippen LogP contribution in [0, 0.1) is 0 Å². The molecule has 0 saturated heterocycles. The van der Waals surface area contributed by atoms with Crippen LogP contribution in [-0.2, 0) is 13.0 Å². The molecule has 248 valence electrons. The Kier molecular flexibility index (Phi) is 6.93. The van der Waals surface area contributed by atoms with Crippen LogP contribution in [0.25, 0.3) is 60.1 Å². The molecule has 3 heteroatoms. The first-order valence-electron chi connectivity index (χ1n) is 18.8. The molecule has 2 aliphatic heterocycles. The summed E-state index contributed by atoms with van der Waals surface area (Å²) in [6, 6.07) is 48.4. The van der Waals surface area contributed by atoms with Crippen LogP contribution in [0.15, 0.2) is 127 Å². The number of fused-ring (bicyclic) bond motifs is 11. The number of hydrogen-bond acceptors (Lipinski definition) is 1. The lowest BCUT2D eigenvalue weighted by Gasteiger charge is -2.32. The fourth-order valence-electron chi connectivity index (χ4n) is 9.60. The molecule has 3 heterocycles.